The van der Waals surface area contributed by atoms with Crippen molar-refractivity contribution in [1.29, 1.82) is 0 Å². The third kappa shape index (κ3) is 4.62. The van der Waals surface area contributed by atoms with Crippen molar-refractivity contribution in [3.8, 4) is 0 Å². The minimum Gasteiger partial charge on any atom is -0.353 e. The van der Waals surface area contributed by atoms with E-state index in [1.54, 1.807) is 0 Å². The van der Waals surface area contributed by atoms with Gasteiger partial charge in [0, 0.05) is 13.1 Å². The van der Waals surface area contributed by atoms with E-state index in [0.29, 0.717) is 0 Å². The summed E-state index contributed by atoms with van der Waals surface area (Å²) in [5, 5.41) is 2.89. The number of amides is 1. The highest BCUT2D eigenvalue weighted by Crippen LogP contribution is 2.05. The summed E-state index contributed by atoms with van der Waals surface area (Å²) < 4.78 is 0. The van der Waals surface area contributed by atoms with Gasteiger partial charge in [-0.2, -0.15) is 0 Å². The molecule has 0 radical (unpaired) electrons. The molecule has 4 nitrogen and oxygen atoms in total. The van der Waals surface area contributed by atoms with Gasteiger partial charge in [-0.15, -0.1) is 0 Å². The highest BCUT2D eigenvalue weighted by molar-refractivity contribution is 5.81. The zero-order valence-electron chi connectivity index (χ0n) is 9.67. The molecule has 0 spiro atoms. The molecule has 1 saturated heterocycles. The second kappa shape index (κ2) is 6.80. The monoisotopic (exact) mass is 213 g/mol. The van der Waals surface area contributed by atoms with Crippen molar-refractivity contribution < 1.29 is 4.79 Å². The van der Waals surface area contributed by atoms with Crippen LogP contribution in [0.2, 0.25) is 0 Å². The molecule has 3 N–H and O–H groups in total. The van der Waals surface area contributed by atoms with Crippen LogP contribution < -0.4 is 11.1 Å². The average molecular weight is 213 g/mol. The summed E-state index contributed by atoms with van der Waals surface area (Å²) in [6, 6.07) is -0.325. The first-order chi connectivity index (χ1) is 7.24. The maximum atomic E-state index is 11.5. The van der Waals surface area contributed by atoms with E-state index in [9.17, 15) is 4.79 Å². The summed E-state index contributed by atoms with van der Waals surface area (Å²) >= 11 is 0. The maximum absolute atomic E-state index is 11.5. The molecule has 0 saturated carbocycles. The van der Waals surface area contributed by atoms with Gasteiger partial charge < -0.3 is 16.0 Å². The first-order valence-corrected chi connectivity index (χ1v) is 5.99. The fourth-order valence-electron chi connectivity index (χ4n) is 1.92. The number of hydrogen-bond donors (Lipinski definition) is 2. The van der Waals surface area contributed by atoms with Gasteiger partial charge in [-0.25, -0.2) is 0 Å². The molecule has 88 valence electrons. The van der Waals surface area contributed by atoms with E-state index in [-0.39, 0.29) is 11.9 Å². The number of carbonyl (C=O) groups excluding carboxylic acids is 1. The average Bonchev–Trinajstić information content (AvgIpc) is 2.71. The smallest absolute Gasteiger partial charge is 0.236 e. The number of carbonyl (C=O) groups is 1. The number of nitrogens with zero attached hydrogens (tertiary/aromatic N) is 1. The Labute approximate surface area is 92.2 Å². The molecule has 0 aromatic rings. The van der Waals surface area contributed by atoms with Gasteiger partial charge in [0.25, 0.3) is 0 Å². The van der Waals surface area contributed by atoms with Crippen LogP contribution in [0.15, 0.2) is 0 Å². The number of rotatable bonds is 6. The summed E-state index contributed by atoms with van der Waals surface area (Å²) in [7, 11) is 0. The molecule has 1 fully saturated rings. The van der Waals surface area contributed by atoms with Crippen LogP contribution in [0.25, 0.3) is 0 Å². The van der Waals surface area contributed by atoms with Crippen molar-refractivity contribution in [1.82, 2.24) is 10.2 Å². The highest BCUT2D eigenvalue weighted by atomic mass is 16.2. The Morgan fingerprint density at radius 2 is 2.13 bits per heavy atom. The van der Waals surface area contributed by atoms with Crippen molar-refractivity contribution >= 4 is 5.91 Å². The lowest BCUT2D eigenvalue weighted by Gasteiger charge is -2.16. The lowest BCUT2D eigenvalue weighted by molar-refractivity contribution is -0.122. The van der Waals surface area contributed by atoms with E-state index in [0.717, 1.165) is 25.9 Å². The zero-order valence-corrected chi connectivity index (χ0v) is 9.67. The SMILES string of the molecule is CCC[C@H](N)C(=O)NCCN1CCCC1. The summed E-state index contributed by atoms with van der Waals surface area (Å²) in [6.45, 7) is 6.09. The fourth-order valence-corrected chi connectivity index (χ4v) is 1.92. The third-order valence-corrected chi connectivity index (χ3v) is 2.86. The Kier molecular flexibility index (Phi) is 5.65. The molecule has 0 unspecified atom stereocenters. The largest absolute Gasteiger partial charge is 0.353 e. The van der Waals surface area contributed by atoms with Gasteiger partial charge in [-0.05, 0) is 32.4 Å². The molecule has 4 heteroatoms. The van der Waals surface area contributed by atoms with Gasteiger partial charge in [0.1, 0.15) is 0 Å². The van der Waals surface area contributed by atoms with Crippen LogP contribution in [-0.2, 0) is 4.79 Å². The Morgan fingerprint density at radius 1 is 1.47 bits per heavy atom. The van der Waals surface area contributed by atoms with E-state index >= 15 is 0 Å². The second-order valence-corrected chi connectivity index (χ2v) is 4.23. The molecule has 1 heterocycles. The van der Waals surface area contributed by atoms with Gasteiger partial charge in [-0.3, -0.25) is 4.79 Å². The van der Waals surface area contributed by atoms with Crippen molar-refractivity contribution in [3.05, 3.63) is 0 Å². The van der Waals surface area contributed by atoms with Gasteiger partial charge in [-0.1, -0.05) is 13.3 Å². The van der Waals surface area contributed by atoms with Gasteiger partial charge >= 0.3 is 0 Å². The van der Waals surface area contributed by atoms with Crippen molar-refractivity contribution in [2.45, 2.75) is 38.6 Å². The standard InChI is InChI=1S/C11H23N3O/c1-2-5-10(12)11(15)13-6-9-14-7-3-4-8-14/h10H,2-9,12H2,1H3,(H,13,15)/t10-/m0/s1. The van der Waals surface area contributed by atoms with Crippen molar-refractivity contribution in [3.63, 3.8) is 0 Å². The number of nitrogens with one attached hydrogen (secondary N) is 1. The van der Waals surface area contributed by atoms with Crippen LogP contribution in [0, 0.1) is 0 Å². The molecular formula is C11H23N3O. The summed E-state index contributed by atoms with van der Waals surface area (Å²) in [4.78, 5) is 13.8. The number of nitrogens with two attached hydrogens (primary N) is 1. The van der Waals surface area contributed by atoms with E-state index in [2.05, 4.69) is 10.2 Å². The molecule has 0 aromatic heterocycles. The molecule has 1 atom stereocenters. The molecule has 1 aliphatic rings. The van der Waals surface area contributed by atoms with Crippen LogP contribution in [-0.4, -0.2) is 43.0 Å². The normalized spacial score (nSPS) is 19.1. The van der Waals surface area contributed by atoms with Crippen LogP contribution in [0.1, 0.15) is 32.6 Å². The van der Waals surface area contributed by atoms with E-state index in [1.165, 1.54) is 25.9 Å². The molecule has 0 aliphatic carbocycles. The fraction of sp³-hybridized carbons (Fsp3) is 0.909. The molecule has 1 amide bonds. The molecule has 1 rings (SSSR count). The first-order valence-electron chi connectivity index (χ1n) is 5.99. The second-order valence-electron chi connectivity index (χ2n) is 4.23. The van der Waals surface area contributed by atoms with Crippen molar-refractivity contribution in [2.75, 3.05) is 26.2 Å². The molecule has 1 aliphatic heterocycles. The summed E-state index contributed by atoms with van der Waals surface area (Å²) in [6.07, 6.45) is 4.32. The minimum absolute atomic E-state index is 0.00366. The zero-order chi connectivity index (χ0) is 11.1. The molecule has 15 heavy (non-hydrogen) atoms. The predicted molar refractivity (Wildman–Crippen MR) is 61.6 cm³/mol. The maximum Gasteiger partial charge on any atom is 0.236 e. The molecule has 0 bridgehead atoms. The number of likely N-dealkylation sites (tertiary alicyclic amines) is 1. The Bertz CT molecular complexity index is 190. The number of hydrogen-bond acceptors (Lipinski definition) is 3. The van der Waals surface area contributed by atoms with Gasteiger partial charge in [0.15, 0.2) is 0 Å². The van der Waals surface area contributed by atoms with Crippen LogP contribution in [0.5, 0.6) is 0 Å². The summed E-state index contributed by atoms with van der Waals surface area (Å²) in [5.74, 6) is -0.00366. The first kappa shape index (κ1) is 12.5. The Hall–Kier alpha value is -0.610. The quantitative estimate of drug-likeness (QED) is 0.668. The van der Waals surface area contributed by atoms with E-state index in [1.807, 2.05) is 6.92 Å². The Morgan fingerprint density at radius 3 is 2.73 bits per heavy atom. The van der Waals surface area contributed by atoms with Crippen LogP contribution >= 0.6 is 0 Å². The molecular weight excluding hydrogens is 190 g/mol. The third-order valence-electron chi connectivity index (χ3n) is 2.86. The van der Waals surface area contributed by atoms with Gasteiger partial charge in [0.05, 0.1) is 6.04 Å². The van der Waals surface area contributed by atoms with Crippen LogP contribution in [0.3, 0.4) is 0 Å². The van der Waals surface area contributed by atoms with Gasteiger partial charge in [0.2, 0.25) is 5.91 Å². The topological polar surface area (TPSA) is 58.4 Å². The van der Waals surface area contributed by atoms with E-state index in [4.69, 9.17) is 5.73 Å². The van der Waals surface area contributed by atoms with Crippen molar-refractivity contribution in [2.24, 2.45) is 5.73 Å². The van der Waals surface area contributed by atoms with Crippen LogP contribution in [0.4, 0.5) is 0 Å². The lowest BCUT2D eigenvalue weighted by atomic mass is 10.2. The minimum atomic E-state index is -0.325. The lowest BCUT2D eigenvalue weighted by Crippen LogP contribution is -2.43. The highest BCUT2D eigenvalue weighted by Gasteiger charge is 2.13. The Balaban J connectivity index is 2.05. The summed E-state index contributed by atoms with van der Waals surface area (Å²) in [5.41, 5.74) is 5.70. The molecule has 0 aromatic carbocycles. The predicted octanol–water partition coefficient (Wildman–Crippen LogP) is 0.326. The van der Waals surface area contributed by atoms with E-state index < -0.39 is 0 Å².